The Labute approximate surface area is 140 Å². The summed E-state index contributed by atoms with van der Waals surface area (Å²) >= 11 is 2.06. The molecule has 1 saturated carbocycles. The highest BCUT2D eigenvalue weighted by Gasteiger charge is 2.18. The number of thioether (sulfide) groups is 1. The van der Waals surface area contributed by atoms with Crippen molar-refractivity contribution in [1.29, 1.82) is 0 Å². The maximum atomic E-state index is 10.4. The van der Waals surface area contributed by atoms with E-state index in [1.165, 1.54) is 50.5 Å². The third-order valence-corrected chi connectivity index (χ3v) is 6.19. The zero-order valence-electron chi connectivity index (χ0n) is 14.7. The predicted octanol–water partition coefficient (Wildman–Crippen LogP) is 6.34. The second-order valence-electron chi connectivity index (χ2n) is 7.83. The summed E-state index contributed by atoms with van der Waals surface area (Å²) in [6, 6.07) is 4.36. The summed E-state index contributed by atoms with van der Waals surface area (Å²) in [6.07, 6.45) is 9.69. The Morgan fingerprint density at radius 3 is 2.23 bits per heavy atom. The van der Waals surface area contributed by atoms with E-state index in [-0.39, 0.29) is 5.41 Å². The third kappa shape index (κ3) is 4.94. The van der Waals surface area contributed by atoms with Crippen LogP contribution in [0.5, 0.6) is 5.75 Å². The van der Waals surface area contributed by atoms with E-state index < -0.39 is 0 Å². The van der Waals surface area contributed by atoms with Crippen LogP contribution in [0.2, 0.25) is 0 Å². The number of rotatable bonds is 3. The first-order chi connectivity index (χ1) is 10.4. The fraction of sp³-hybridized carbons (Fsp3) is 0.700. The minimum absolute atomic E-state index is 0.137. The van der Waals surface area contributed by atoms with Gasteiger partial charge in [0.15, 0.2) is 0 Å². The maximum absolute atomic E-state index is 10.4. The average molecular weight is 321 g/mol. The molecular formula is C20H32OS. The molecule has 22 heavy (non-hydrogen) atoms. The van der Waals surface area contributed by atoms with Crippen LogP contribution >= 0.6 is 11.8 Å². The van der Waals surface area contributed by atoms with Gasteiger partial charge < -0.3 is 5.11 Å². The molecule has 0 unspecified atom stereocenters. The summed E-state index contributed by atoms with van der Waals surface area (Å²) in [5.41, 5.74) is 3.60. The summed E-state index contributed by atoms with van der Waals surface area (Å²) in [5, 5.41) is 11.2. The molecule has 0 saturated heterocycles. The highest BCUT2D eigenvalue weighted by Crippen LogP contribution is 2.35. The SMILES string of the molecule is Cc1cc(C(C)(C)C)cc(CSC2CCCCCCC2)c1O. The van der Waals surface area contributed by atoms with E-state index in [1.54, 1.807) is 0 Å². The van der Waals surface area contributed by atoms with Gasteiger partial charge in [0.1, 0.15) is 5.75 Å². The molecule has 1 N–H and O–H groups in total. The first-order valence-corrected chi connectivity index (χ1v) is 9.87. The van der Waals surface area contributed by atoms with E-state index in [2.05, 4.69) is 44.7 Å². The average Bonchev–Trinajstić information content (AvgIpc) is 2.40. The number of aryl methyl sites for hydroxylation is 1. The molecule has 0 heterocycles. The van der Waals surface area contributed by atoms with Gasteiger partial charge in [-0.25, -0.2) is 0 Å². The van der Waals surface area contributed by atoms with Crippen molar-refractivity contribution >= 4 is 11.8 Å². The van der Waals surface area contributed by atoms with Crippen molar-refractivity contribution in [3.63, 3.8) is 0 Å². The molecule has 0 amide bonds. The van der Waals surface area contributed by atoms with Crippen molar-refractivity contribution in [3.8, 4) is 5.75 Å². The summed E-state index contributed by atoms with van der Waals surface area (Å²) in [4.78, 5) is 0. The first-order valence-electron chi connectivity index (χ1n) is 8.82. The van der Waals surface area contributed by atoms with Crippen LogP contribution in [-0.4, -0.2) is 10.4 Å². The summed E-state index contributed by atoms with van der Waals surface area (Å²) in [6.45, 7) is 8.74. The lowest BCUT2D eigenvalue weighted by atomic mass is 9.85. The minimum Gasteiger partial charge on any atom is -0.507 e. The van der Waals surface area contributed by atoms with Crippen molar-refractivity contribution in [2.45, 2.75) is 89.1 Å². The van der Waals surface area contributed by atoms with E-state index in [9.17, 15) is 5.11 Å². The lowest BCUT2D eigenvalue weighted by Crippen LogP contribution is -2.12. The van der Waals surface area contributed by atoms with Crippen molar-refractivity contribution in [2.75, 3.05) is 0 Å². The lowest BCUT2D eigenvalue weighted by molar-refractivity contribution is 0.464. The molecule has 0 radical (unpaired) electrons. The van der Waals surface area contributed by atoms with Gasteiger partial charge in [-0.3, -0.25) is 0 Å². The van der Waals surface area contributed by atoms with Crippen LogP contribution in [0.25, 0.3) is 0 Å². The molecule has 1 nitrogen and oxygen atoms in total. The molecule has 0 aromatic heterocycles. The molecule has 0 bridgehead atoms. The van der Waals surface area contributed by atoms with Crippen LogP contribution in [0.1, 0.15) is 82.4 Å². The lowest BCUT2D eigenvalue weighted by Gasteiger charge is -2.23. The molecule has 1 fully saturated rings. The fourth-order valence-corrected chi connectivity index (χ4v) is 4.49. The quantitative estimate of drug-likeness (QED) is 0.700. The van der Waals surface area contributed by atoms with Crippen LogP contribution < -0.4 is 0 Å². The number of phenols is 1. The molecule has 0 aliphatic heterocycles. The van der Waals surface area contributed by atoms with Crippen LogP contribution in [0.3, 0.4) is 0 Å². The smallest absolute Gasteiger partial charge is 0.122 e. The molecular weight excluding hydrogens is 288 g/mol. The van der Waals surface area contributed by atoms with Gasteiger partial charge in [0.25, 0.3) is 0 Å². The van der Waals surface area contributed by atoms with Gasteiger partial charge in [0.2, 0.25) is 0 Å². The van der Waals surface area contributed by atoms with Crippen molar-refractivity contribution < 1.29 is 5.11 Å². The maximum Gasteiger partial charge on any atom is 0.122 e. The number of phenolic OH excluding ortho intramolecular Hbond substituents is 1. The largest absolute Gasteiger partial charge is 0.507 e. The molecule has 124 valence electrons. The molecule has 2 rings (SSSR count). The first kappa shape index (κ1) is 17.7. The monoisotopic (exact) mass is 320 g/mol. The van der Waals surface area contributed by atoms with Gasteiger partial charge in [-0.05, 0) is 36.3 Å². The number of benzene rings is 1. The zero-order chi connectivity index (χ0) is 16.2. The predicted molar refractivity (Wildman–Crippen MR) is 98.9 cm³/mol. The zero-order valence-corrected chi connectivity index (χ0v) is 15.6. The summed E-state index contributed by atoms with van der Waals surface area (Å²) in [5.74, 6) is 1.45. The number of hydrogen-bond acceptors (Lipinski definition) is 2. The Kier molecular flexibility index (Phi) is 6.26. The highest BCUT2D eigenvalue weighted by molar-refractivity contribution is 7.99. The standard InChI is InChI=1S/C20H32OS/c1-15-12-17(20(2,3)4)13-16(19(15)21)14-22-18-10-8-6-5-7-9-11-18/h12-13,18,21H,5-11,14H2,1-4H3. The Balaban J connectivity index is 2.06. The molecule has 0 spiro atoms. The van der Waals surface area contributed by atoms with E-state index >= 15 is 0 Å². The van der Waals surface area contributed by atoms with Gasteiger partial charge in [0.05, 0.1) is 0 Å². The van der Waals surface area contributed by atoms with Crippen molar-refractivity contribution in [1.82, 2.24) is 0 Å². The molecule has 1 aliphatic rings. The summed E-state index contributed by atoms with van der Waals surface area (Å²) < 4.78 is 0. The Hall–Kier alpha value is -0.630. The van der Waals surface area contributed by atoms with Gasteiger partial charge >= 0.3 is 0 Å². The Morgan fingerprint density at radius 2 is 1.64 bits per heavy atom. The van der Waals surface area contributed by atoms with Crippen LogP contribution in [0, 0.1) is 6.92 Å². The van der Waals surface area contributed by atoms with Gasteiger partial charge in [0, 0.05) is 16.6 Å². The number of aromatic hydroxyl groups is 1. The van der Waals surface area contributed by atoms with Crippen LogP contribution in [0.4, 0.5) is 0 Å². The van der Waals surface area contributed by atoms with E-state index in [0.29, 0.717) is 5.75 Å². The number of hydrogen-bond donors (Lipinski definition) is 1. The van der Waals surface area contributed by atoms with Crippen LogP contribution in [-0.2, 0) is 11.2 Å². The van der Waals surface area contributed by atoms with E-state index in [0.717, 1.165) is 22.1 Å². The van der Waals surface area contributed by atoms with Crippen molar-refractivity contribution in [2.24, 2.45) is 0 Å². The minimum atomic E-state index is 0.137. The second kappa shape index (κ2) is 7.77. The Morgan fingerprint density at radius 1 is 1.05 bits per heavy atom. The van der Waals surface area contributed by atoms with Gasteiger partial charge in [-0.15, -0.1) is 0 Å². The topological polar surface area (TPSA) is 20.2 Å². The molecule has 2 heteroatoms. The van der Waals surface area contributed by atoms with Gasteiger partial charge in [-0.1, -0.05) is 65.0 Å². The fourth-order valence-electron chi connectivity index (χ4n) is 3.19. The second-order valence-corrected chi connectivity index (χ2v) is 9.12. The highest BCUT2D eigenvalue weighted by atomic mass is 32.2. The molecule has 0 atom stereocenters. The Bertz CT molecular complexity index is 479. The normalized spacial score (nSPS) is 18.0. The van der Waals surface area contributed by atoms with E-state index in [4.69, 9.17) is 0 Å². The van der Waals surface area contributed by atoms with Crippen LogP contribution in [0.15, 0.2) is 12.1 Å². The van der Waals surface area contributed by atoms with Gasteiger partial charge in [-0.2, -0.15) is 11.8 Å². The molecule has 1 aromatic carbocycles. The van der Waals surface area contributed by atoms with E-state index in [1.807, 2.05) is 6.92 Å². The molecule has 1 aliphatic carbocycles. The third-order valence-electron chi connectivity index (χ3n) is 4.77. The molecule has 1 aromatic rings. The summed E-state index contributed by atoms with van der Waals surface area (Å²) in [7, 11) is 0. The van der Waals surface area contributed by atoms with Crippen molar-refractivity contribution in [3.05, 3.63) is 28.8 Å².